The maximum Gasteiger partial charge on any atom is 0.251 e. The molecule has 2 amide bonds. The van der Waals surface area contributed by atoms with Gasteiger partial charge in [-0.15, -0.1) is 0 Å². The maximum atomic E-state index is 12.2. The summed E-state index contributed by atoms with van der Waals surface area (Å²) < 4.78 is 5.91. The Kier molecular flexibility index (Phi) is 6.95. The second kappa shape index (κ2) is 10.0. The molecule has 6 nitrogen and oxygen atoms in total. The molecule has 3 aromatic rings. The molecule has 3 rings (SSSR count). The Labute approximate surface area is 169 Å². The van der Waals surface area contributed by atoms with Crippen LogP contribution in [0.15, 0.2) is 79.1 Å². The van der Waals surface area contributed by atoms with Gasteiger partial charge in [-0.1, -0.05) is 30.3 Å². The van der Waals surface area contributed by atoms with Crippen LogP contribution in [0.1, 0.15) is 35.4 Å². The predicted octanol–water partition coefficient (Wildman–Crippen LogP) is 3.98. The van der Waals surface area contributed by atoms with Crippen molar-refractivity contribution in [3.8, 4) is 5.75 Å². The quantitative estimate of drug-likeness (QED) is 0.611. The average molecular weight is 389 g/mol. The second-order valence-corrected chi connectivity index (χ2v) is 6.49. The number of pyridine rings is 1. The Morgan fingerprint density at radius 2 is 1.76 bits per heavy atom. The van der Waals surface area contributed by atoms with Crippen molar-refractivity contribution in [2.24, 2.45) is 0 Å². The van der Waals surface area contributed by atoms with Gasteiger partial charge in [-0.3, -0.25) is 14.6 Å². The number of hydrogen-bond acceptors (Lipinski definition) is 4. The van der Waals surface area contributed by atoms with Crippen LogP contribution in [0.3, 0.4) is 0 Å². The van der Waals surface area contributed by atoms with Crippen molar-refractivity contribution in [2.75, 3.05) is 11.9 Å². The standard InChI is InChI=1S/C23H23N3O3/c1-17(18-6-3-2-4-7-18)29-21-11-9-19(10-12-21)23(28)25-15-13-22(27)26-20-8-5-14-24-16-20/h2-12,14,16-17H,13,15H2,1H3,(H,25,28)(H,26,27). The SMILES string of the molecule is CC(Oc1ccc(C(=O)NCCC(=O)Nc2cccnc2)cc1)c1ccccc1. The fourth-order valence-corrected chi connectivity index (χ4v) is 2.73. The zero-order valence-electron chi connectivity index (χ0n) is 16.2. The topological polar surface area (TPSA) is 80.3 Å². The van der Waals surface area contributed by atoms with Gasteiger partial charge in [-0.2, -0.15) is 0 Å². The van der Waals surface area contributed by atoms with E-state index in [1.54, 1.807) is 48.8 Å². The molecule has 1 atom stereocenters. The molecule has 0 saturated heterocycles. The fraction of sp³-hybridized carbons (Fsp3) is 0.174. The van der Waals surface area contributed by atoms with Crippen molar-refractivity contribution in [3.63, 3.8) is 0 Å². The van der Waals surface area contributed by atoms with Crippen molar-refractivity contribution >= 4 is 17.5 Å². The highest BCUT2D eigenvalue weighted by molar-refractivity contribution is 5.95. The number of rotatable bonds is 8. The number of carbonyl (C=O) groups excluding carboxylic acids is 2. The van der Waals surface area contributed by atoms with E-state index in [9.17, 15) is 9.59 Å². The summed E-state index contributed by atoms with van der Waals surface area (Å²) in [5, 5.41) is 5.47. The molecule has 0 spiro atoms. The number of hydrogen-bond donors (Lipinski definition) is 2. The zero-order valence-corrected chi connectivity index (χ0v) is 16.2. The summed E-state index contributed by atoms with van der Waals surface area (Å²) in [6, 6.07) is 20.4. The van der Waals surface area contributed by atoms with E-state index in [-0.39, 0.29) is 30.9 Å². The van der Waals surface area contributed by atoms with E-state index in [0.717, 1.165) is 5.56 Å². The monoisotopic (exact) mass is 389 g/mol. The van der Waals surface area contributed by atoms with Crippen LogP contribution in [0.4, 0.5) is 5.69 Å². The molecule has 29 heavy (non-hydrogen) atoms. The van der Waals surface area contributed by atoms with E-state index in [4.69, 9.17) is 4.74 Å². The Hall–Kier alpha value is -3.67. The molecule has 0 saturated carbocycles. The third-order valence-corrected chi connectivity index (χ3v) is 4.28. The van der Waals surface area contributed by atoms with Gasteiger partial charge >= 0.3 is 0 Å². The van der Waals surface area contributed by atoms with Gasteiger partial charge in [0.1, 0.15) is 11.9 Å². The number of nitrogens with zero attached hydrogens (tertiary/aromatic N) is 1. The van der Waals surface area contributed by atoms with Crippen molar-refractivity contribution in [3.05, 3.63) is 90.3 Å². The smallest absolute Gasteiger partial charge is 0.251 e. The minimum atomic E-state index is -0.234. The number of carbonyl (C=O) groups is 2. The van der Waals surface area contributed by atoms with E-state index < -0.39 is 0 Å². The van der Waals surface area contributed by atoms with E-state index in [1.165, 1.54) is 0 Å². The molecule has 6 heteroatoms. The first kappa shape index (κ1) is 20.1. The largest absolute Gasteiger partial charge is 0.486 e. The molecule has 2 aromatic carbocycles. The predicted molar refractivity (Wildman–Crippen MR) is 112 cm³/mol. The molecule has 0 bridgehead atoms. The number of anilines is 1. The van der Waals surface area contributed by atoms with Crippen LogP contribution < -0.4 is 15.4 Å². The highest BCUT2D eigenvalue weighted by Gasteiger charge is 2.10. The van der Waals surface area contributed by atoms with Gasteiger partial charge in [-0.05, 0) is 48.9 Å². The Balaban J connectivity index is 1.44. The van der Waals surface area contributed by atoms with Gasteiger partial charge in [-0.25, -0.2) is 0 Å². The lowest BCUT2D eigenvalue weighted by Crippen LogP contribution is -2.27. The van der Waals surface area contributed by atoms with E-state index in [2.05, 4.69) is 15.6 Å². The molecule has 1 unspecified atom stereocenters. The third kappa shape index (κ3) is 6.17. The summed E-state index contributed by atoms with van der Waals surface area (Å²) in [6.45, 7) is 2.22. The van der Waals surface area contributed by atoms with Crippen molar-refractivity contribution in [1.29, 1.82) is 0 Å². The highest BCUT2D eigenvalue weighted by Crippen LogP contribution is 2.21. The van der Waals surface area contributed by atoms with Crippen LogP contribution in [-0.2, 0) is 4.79 Å². The van der Waals surface area contributed by atoms with E-state index in [0.29, 0.717) is 17.0 Å². The average Bonchev–Trinajstić information content (AvgIpc) is 2.75. The van der Waals surface area contributed by atoms with E-state index >= 15 is 0 Å². The molecule has 1 heterocycles. The molecule has 148 valence electrons. The first-order chi connectivity index (χ1) is 14.1. The van der Waals surface area contributed by atoms with Gasteiger partial charge in [0, 0.05) is 24.7 Å². The normalized spacial score (nSPS) is 11.3. The number of benzene rings is 2. The Morgan fingerprint density at radius 3 is 2.45 bits per heavy atom. The third-order valence-electron chi connectivity index (χ3n) is 4.28. The van der Waals surface area contributed by atoms with Crippen LogP contribution in [0.2, 0.25) is 0 Å². The van der Waals surface area contributed by atoms with Crippen LogP contribution in [-0.4, -0.2) is 23.3 Å². The lowest BCUT2D eigenvalue weighted by atomic mass is 10.1. The molecular formula is C23H23N3O3. The lowest BCUT2D eigenvalue weighted by Gasteiger charge is -2.15. The molecule has 0 aliphatic carbocycles. The van der Waals surface area contributed by atoms with E-state index in [1.807, 2.05) is 37.3 Å². The maximum absolute atomic E-state index is 12.2. The number of ether oxygens (including phenoxy) is 1. The molecule has 0 radical (unpaired) electrons. The Bertz CT molecular complexity index is 929. The molecule has 0 fully saturated rings. The van der Waals surface area contributed by atoms with Gasteiger partial charge in [0.25, 0.3) is 5.91 Å². The van der Waals surface area contributed by atoms with Crippen LogP contribution in [0, 0.1) is 0 Å². The Morgan fingerprint density at radius 1 is 1.00 bits per heavy atom. The summed E-state index contributed by atoms with van der Waals surface area (Å²) >= 11 is 0. The molecule has 0 aliphatic rings. The summed E-state index contributed by atoms with van der Waals surface area (Å²) in [5.41, 5.74) is 2.22. The van der Waals surface area contributed by atoms with Gasteiger partial charge in [0.05, 0.1) is 11.9 Å². The fourth-order valence-electron chi connectivity index (χ4n) is 2.73. The van der Waals surface area contributed by atoms with Crippen LogP contribution in [0.25, 0.3) is 0 Å². The summed E-state index contributed by atoms with van der Waals surface area (Å²) in [5.74, 6) is 0.271. The number of amides is 2. The van der Waals surface area contributed by atoms with Crippen LogP contribution >= 0.6 is 0 Å². The molecule has 2 N–H and O–H groups in total. The van der Waals surface area contributed by atoms with Crippen LogP contribution in [0.5, 0.6) is 5.75 Å². The van der Waals surface area contributed by atoms with Crippen molar-refractivity contribution in [1.82, 2.24) is 10.3 Å². The van der Waals surface area contributed by atoms with Gasteiger partial charge < -0.3 is 15.4 Å². The summed E-state index contributed by atoms with van der Waals surface area (Å²) in [6.07, 6.45) is 3.29. The zero-order chi connectivity index (χ0) is 20.5. The summed E-state index contributed by atoms with van der Waals surface area (Å²) in [4.78, 5) is 28.1. The lowest BCUT2D eigenvalue weighted by molar-refractivity contribution is -0.116. The molecule has 0 aliphatic heterocycles. The number of nitrogens with one attached hydrogen (secondary N) is 2. The first-order valence-electron chi connectivity index (χ1n) is 9.41. The molecule has 1 aromatic heterocycles. The minimum absolute atomic E-state index is 0.0887. The second-order valence-electron chi connectivity index (χ2n) is 6.49. The van der Waals surface area contributed by atoms with Gasteiger partial charge in [0.15, 0.2) is 0 Å². The minimum Gasteiger partial charge on any atom is -0.486 e. The molecular weight excluding hydrogens is 366 g/mol. The highest BCUT2D eigenvalue weighted by atomic mass is 16.5. The van der Waals surface area contributed by atoms with Crippen molar-refractivity contribution in [2.45, 2.75) is 19.4 Å². The summed E-state index contributed by atoms with van der Waals surface area (Å²) in [7, 11) is 0. The van der Waals surface area contributed by atoms with Crippen molar-refractivity contribution < 1.29 is 14.3 Å². The van der Waals surface area contributed by atoms with Gasteiger partial charge in [0.2, 0.25) is 5.91 Å². The first-order valence-corrected chi connectivity index (χ1v) is 9.41. The number of aromatic nitrogens is 1.